The maximum absolute atomic E-state index is 13.0. The van der Waals surface area contributed by atoms with Crippen LogP contribution in [0.1, 0.15) is 30.8 Å². The van der Waals surface area contributed by atoms with Crippen molar-refractivity contribution in [1.82, 2.24) is 5.32 Å². The maximum atomic E-state index is 13.0. The fourth-order valence-corrected chi connectivity index (χ4v) is 4.50. The minimum absolute atomic E-state index is 0.0334. The van der Waals surface area contributed by atoms with Crippen LogP contribution in [0.2, 0.25) is 5.02 Å². The molecule has 25 heavy (non-hydrogen) atoms. The Hall–Kier alpha value is -1.79. The summed E-state index contributed by atoms with van der Waals surface area (Å²) in [5.41, 5.74) is 0. The number of hydrogen-bond donors (Lipinski definition) is 1. The fourth-order valence-electron chi connectivity index (χ4n) is 2.79. The van der Waals surface area contributed by atoms with Gasteiger partial charge in [-0.25, -0.2) is 8.42 Å². The van der Waals surface area contributed by atoms with Gasteiger partial charge in [0, 0.05) is 17.5 Å². The summed E-state index contributed by atoms with van der Waals surface area (Å²) < 4.78 is 31.4. The van der Waals surface area contributed by atoms with Crippen molar-refractivity contribution in [2.45, 2.75) is 29.9 Å². The van der Waals surface area contributed by atoms with Crippen LogP contribution in [-0.4, -0.2) is 20.9 Å². The van der Waals surface area contributed by atoms with Crippen LogP contribution < -0.4 is 5.32 Å². The number of amides is 1. The monoisotopic (exact) mass is 381 g/mol. The van der Waals surface area contributed by atoms with Crippen LogP contribution in [0.15, 0.2) is 52.0 Å². The van der Waals surface area contributed by atoms with Crippen molar-refractivity contribution in [2.24, 2.45) is 11.8 Å². The summed E-state index contributed by atoms with van der Waals surface area (Å²) in [6.07, 6.45) is 3.53. The van der Waals surface area contributed by atoms with Gasteiger partial charge in [-0.15, -0.1) is 0 Å². The quantitative estimate of drug-likeness (QED) is 0.794. The lowest BCUT2D eigenvalue weighted by molar-refractivity contribution is -0.125. The number of carbonyl (C=O) groups excluding carboxylic acids is 1. The number of benzene rings is 1. The summed E-state index contributed by atoms with van der Waals surface area (Å²) in [5.74, 6) is 0.491. The van der Waals surface area contributed by atoms with Crippen LogP contribution in [0.3, 0.4) is 0 Å². The minimum atomic E-state index is -3.73. The molecule has 3 rings (SSSR count). The molecule has 1 heterocycles. The Balaban J connectivity index is 1.82. The Morgan fingerprint density at radius 2 is 1.96 bits per heavy atom. The molecule has 7 heteroatoms. The van der Waals surface area contributed by atoms with Gasteiger partial charge in [-0.05, 0) is 55.2 Å². The average Bonchev–Trinajstić information content (AvgIpc) is 3.30. The molecule has 0 saturated heterocycles. The molecule has 1 aliphatic rings. The van der Waals surface area contributed by atoms with Gasteiger partial charge in [0.05, 0.1) is 11.2 Å². The first-order valence-electron chi connectivity index (χ1n) is 8.20. The van der Waals surface area contributed by atoms with E-state index in [1.165, 1.54) is 30.5 Å². The zero-order valence-electron chi connectivity index (χ0n) is 13.8. The predicted octanol–water partition coefficient (Wildman–Crippen LogP) is 3.61. The Morgan fingerprint density at radius 1 is 1.28 bits per heavy atom. The summed E-state index contributed by atoms with van der Waals surface area (Å²) in [7, 11) is -3.73. The summed E-state index contributed by atoms with van der Waals surface area (Å²) in [6, 6.07) is 9.22. The molecule has 1 aromatic heterocycles. The highest BCUT2D eigenvalue weighted by atomic mass is 35.5. The van der Waals surface area contributed by atoms with Crippen LogP contribution in [-0.2, 0) is 14.6 Å². The summed E-state index contributed by atoms with van der Waals surface area (Å²) in [6.45, 7) is 1.84. The van der Waals surface area contributed by atoms with Gasteiger partial charge in [0.25, 0.3) is 0 Å². The Morgan fingerprint density at radius 3 is 2.52 bits per heavy atom. The molecule has 2 unspecified atom stereocenters. The van der Waals surface area contributed by atoms with E-state index in [1.54, 1.807) is 12.1 Å². The molecule has 0 aliphatic heterocycles. The standard InChI is InChI=1S/C18H20ClNO4S/c1-12(13-4-5-13)18(21)20-11-17(16-3-2-10-24-16)25(22,23)15-8-6-14(19)7-9-15/h2-3,6-10,12-13,17H,4-5,11H2,1H3,(H,20,21). The van der Waals surface area contributed by atoms with E-state index in [0.29, 0.717) is 16.7 Å². The predicted molar refractivity (Wildman–Crippen MR) is 95.0 cm³/mol. The second-order valence-corrected chi connectivity index (χ2v) is 8.94. The van der Waals surface area contributed by atoms with Crippen LogP contribution in [0.4, 0.5) is 0 Å². The van der Waals surface area contributed by atoms with Gasteiger partial charge in [-0.1, -0.05) is 18.5 Å². The maximum Gasteiger partial charge on any atom is 0.223 e. The molecular formula is C18H20ClNO4S. The molecular weight excluding hydrogens is 362 g/mol. The van der Waals surface area contributed by atoms with Crippen LogP contribution in [0.25, 0.3) is 0 Å². The molecule has 1 aliphatic carbocycles. The summed E-state index contributed by atoms with van der Waals surface area (Å²) in [4.78, 5) is 12.4. The third kappa shape index (κ3) is 4.07. The SMILES string of the molecule is CC(C(=O)NCC(c1ccco1)S(=O)(=O)c1ccc(Cl)cc1)C1CC1. The van der Waals surface area contributed by atoms with Crippen molar-refractivity contribution < 1.29 is 17.6 Å². The van der Waals surface area contributed by atoms with Crippen molar-refractivity contribution in [3.8, 4) is 0 Å². The Labute approximate surface area is 152 Å². The second-order valence-electron chi connectivity index (χ2n) is 6.37. The fraction of sp³-hybridized carbons (Fsp3) is 0.389. The van der Waals surface area contributed by atoms with E-state index in [0.717, 1.165) is 12.8 Å². The molecule has 1 amide bonds. The Bertz CT molecular complexity index is 826. The molecule has 5 nitrogen and oxygen atoms in total. The minimum Gasteiger partial charge on any atom is -0.468 e. The van der Waals surface area contributed by atoms with Gasteiger partial charge in [0.1, 0.15) is 11.0 Å². The Kier molecular flexibility index (Phi) is 5.20. The number of rotatable bonds is 7. The summed E-state index contributed by atoms with van der Waals surface area (Å²) >= 11 is 5.84. The molecule has 1 N–H and O–H groups in total. The lowest BCUT2D eigenvalue weighted by Gasteiger charge is -2.18. The van der Waals surface area contributed by atoms with Gasteiger partial charge in [-0.2, -0.15) is 0 Å². The topological polar surface area (TPSA) is 76.4 Å². The van der Waals surface area contributed by atoms with E-state index in [-0.39, 0.29) is 23.3 Å². The molecule has 0 spiro atoms. The van der Waals surface area contributed by atoms with Crippen molar-refractivity contribution in [3.05, 3.63) is 53.4 Å². The molecule has 0 radical (unpaired) electrons. The first-order valence-corrected chi connectivity index (χ1v) is 10.1. The van der Waals surface area contributed by atoms with Crippen molar-refractivity contribution in [1.29, 1.82) is 0 Å². The first-order chi connectivity index (χ1) is 11.9. The number of carbonyl (C=O) groups is 1. The molecule has 1 aromatic carbocycles. The largest absolute Gasteiger partial charge is 0.468 e. The molecule has 1 fully saturated rings. The van der Waals surface area contributed by atoms with Crippen molar-refractivity contribution >= 4 is 27.3 Å². The van der Waals surface area contributed by atoms with Crippen molar-refractivity contribution in [2.75, 3.05) is 6.54 Å². The smallest absolute Gasteiger partial charge is 0.223 e. The molecule has 1 saturated carbocycles. The highest BCUT2D eigenvalue weighted by molar-refractivity contribution is 7.91. The molecule has 134 valence electrons. The van der Waals surface area contributed by atoms with E-state index < -0.39 is 15.1 Å². The number of furan rings is 1. The van der Waals surface area contributed by atoms with Crippen molar-refractivity contribution in [3.63, 3.8) is 0 Å². The van der Waals surface area contributed by atoms with Gasteiger partial charge in [0.2, 0.25) is 5.91 Å². The van der Waals surface area contributed by atoms with E-state index in [2.05, 4.69) is 5.32 Å². The van der Waals surface area contributed by atoms with E-state index in [1.807, 2.05) is 6.92 Å². The zero-order valence-corrected chi connectivity index (χ0v) is 15.4. The van der Waals surface area contributed by atoms with Crippen LogP contribution >= 0.6 is 11.6 Å². The molecule has 2 atom stereocenters. The molecule has 2 aromatic rings. The molecule has 0 bridgehead atoms. The van der Waals surface area contributed by atoms with Gasteiger partial charge in [0.15, 0.2) is 9.84 Å². The number of nitrogens with one attached hydrogen (secondary N) is 1. The lowest BCUT2D eigenvalue weighted by Crippen LogP contribution is -2.35. The van der Waals surface area contributed by atoms with E-state index >= 15 is 0 Å². The van der Waals surface area contributed by atoms with E-state index in [4.69, 9.17) is 16.0 Å². The highest BCUT2D eigenvalue weighted by Crippen LogP contribution is 2.37. The number of sulfone groups is 1. The first kappa shape index (κ1) is 18.0. The second kappa shape index (κ2) is 7.22. The average molecular weight is 382 g/mol. The number of hydrogen-bond acceptors (Lipinski definition) is 4. The highest BCUT2D eigenvalue weighted by Gasteiger charge is 2.35. The third-order valence-corrected chi connectivity index (χ3v) is 6.91. The third-order valence-electron chi connectivity index (χ3n) is 4.58. The van der Waals surface area contributed by atoms with Gasteiger partial charge in [-0.3, -0.25) is 4.79 Å². The van der Waals surface area contributed by atoms with Gasteiger partial charge < -0.3 is 9.73 Å². The van der Waals surface area contributed by atoms with Crippen LogP contribution in [0.5, 0.6) is 0 Å². The normalized spacial score (nSPS) is 17.0. The lowest BCUT2D eigenvalue weighted by atomic mass is 10.1. The van der Waals surface area contributed by atoms with Gasteiger partial charge >= 0.3 is 0 Å². The summed E-state index contributed by atoms with van der Waals surface area (Å²) in [5, 5.41) is 2.25. The van der Waals surface area contributed by atoms with Crippen LogP contribution in [0, 0.1) is 11.8 Å². The van der Waals surface area contributed by atoms with E-state index in [9.17, 15) is 13.2 Å². The number of halogens is 1. The zero-order chi connectivity index (χ0) is 18.0.